The van der Waals surface area contributed by atoms with Crippen LogP contribution in [0.3, 0.4) is 0 Å². The first-order chi connectivity index (χ1) is 9.20. The highest BCUT2D eigenvalue weighted by Crippen LogP contribution is 2.20. The molecule has 0 aromatic heterocycles. The Labute approximate surface area is 115 Å². The first-order valence-corrected chi connectivity index (χ1v) is 7.14. The summed E-state index contributed by atoms with van der Waals surface area (Å²) in [6.45, 7) is 7.32. The smallest absolute Gasteiger partial charge is 0.310 e. The Bertz CT molecular complexity index is 431. The molecule has 0 aliphatic carbocycles. The van der Waals surface area contributed by atoms with Crippen molar-refractivity contribution >= 4 is 5.97 Å². The summed E-state index contributed by atoms with van der Waals surface area (Å²) >= 11 is 0. The van der Waals surface area contributed by atoms with E-state index in [1.54, 1.807) is 0 Å². The largest absolute Gasteiger partial charge is 0.466 e. The van der Waals surface area contributed by atoms with E-state index in [4.69, 9.17) is 4.74 Å². The maximum atomic E-state index is 11.8. The molecule has 19 heavy (non-hydrogen) atoms. The van der Waals surface area contributed by atoms with Crippen LogP contribution in [0.15, 0.2) is 24.3 Å². The second-order valence-electron chi connectivity index (χ2n) is 5.25. The van der Waals surface area contributed by atoms with Crippen LogP contribution in [0, 0.1) is 12.8 Å². The van der Waals surface area contributed by atoms with Crippen molar-refractivity contribution in [1.82, 2.24) is 4.90 Å². The maximum absolute atomic E-state index is 11.8. The maximum Gasteiger partial charge on any atom is 0.310 e. The topological polar surface area (TPSA) is 29.5 Å². The number of ether oxygens (including phenoxy) is 1. The van der Waals surface area contributed by atoms with Crippen LogP contribution in [0.1, 0.15) is 30.9 Å². The van der Waals surface area contributed by atoms with Gasteiger partial charge in [-0.1, -0.05) is 24.3 Å². The third-order valence-electron chi connectivity index (χ3n) is 3.78. The fourth-order valence-electron chi connectivity index (χ4n) is 2.68. The molecule has 1 fully saturated rings. The number of rotatable bonds is 4. The lowest BCUT2D eigenvalue weighted by atomic mass is 9.97. The van der Waals surface area contributed by atoms with Crippen molar-refractivity contribution in [2.75, 3.05) is 19.7 Å². The van der Waals surface area contributed by atoms with E-state index in [9.17, 15) is 4.79 Å². The SMILES string of the molecule is CCOC(=O)[C@H]1CCCN(Cc2ccccc2C)C1. The molecule has 0 spiro atoms. The summed E-state index contributed by atoms with van der Waals surface area (Å²) in [6.07, 6.45) is 2.04. The van der Waals surface area contributed by atoms with Gasteiger partial charge in [0, 0.05) is 13.1 Å². The summed E-state index contributed by atoms with van der Waals surface area (Å²) < 4.78 is 5.14. The Morgan fingerprint density at radius 1 is 1.42 bits per heavy atom. The van der Waals surface area contributed by atoms with Crippen LogP contribution < -0.4 is 0 Å². The number of likely N-dealkylation sites (tertiary alicyclic amines) is 1. The summed E-state index contributed by atoms with van der Waals surface area (Å²) in [5.74, 6) is 0.0229. The van der Waals surface area contributed by atoms with Crippen LogP contribution in [-0.4, -0.2) is 30.6 Å². The lowest BCUT2D eigenvalue weighted by Crippen LogP contribution is -2.39. The minimum absolute atomic E-state index is 0.0306. The summed E-state index contributed by atoms with van der Waals surface area (Å²) in [7, 11) is 0. The van der Waals surface area contributed by atoms with E-state index in [2.05, 4.69) is 36.1 Å². The van der Waals surface area contributed by atoms with Gasteiger partial charge in [-0.05, 0) is 44.4 Å². The number of esters is 1. The molecular weight excluding hydrogens is 238 g/mol. The first kappa shape index (κ1) is 14.1. The van der Waals surface area contributed by atoms with E-state index in [-0.39, 0.29) is 11.9 Å². The van der Waals surface area contributed by atoms with E-state index in [0.29, 0.717) is 6.61 Å². The van der Waals surface area contributed by atoms with Crippen molar-refractivity contribution in [2.24, 2.45) is 5.92 Å². The highest BCUT2D eigenvalue weighted by Gasteiger charge is 2.26. The lowest BCUT2D eigenvalue weighted by Gasteiger charge is -2.31. The van der Waals surface area contributed by atoms with E-state index < -0.39 is 0 Å². The van der Waals surface area contributed by atoms with Crippen molar-refractivity contribution < 1.29 is 9.53 Å². The first-order valence-electron chi connectivity index (χ1n) is 7.14. The zero-order valence-electron chi connectivity index (χ0n) is 11.9. The summed E-state index contributed by atoms with van der Waals surface area (Å²) in [5.41, 5.74) is 2.67. The Hall–Kier alpha value is -1.35. The molecular formula is C16H23NO2. The highest BCUT2D eigenvalue weighted by molar-refractivity contribution is 5.72. The molecule has 0 saturated carbocycles. The van der Waals surface area contributed by atoms with Gasteiger partial charge in [-0.2, -0.15) is 0 Å². The molecule has 3 heteroatoms. The van der Waals surface area contributed by atoms with Crippen LogP contribution in [-0.2, 0) is 16.1 Å². The summed E-state index contributed by atoms with van der Waals surface area (Å²) in [6, 6.07) is 8.46. The van der Waals surface area contributed by atoms with Gasteiger partial charge in [0.25, 0.3) is 0 Å². The van der Waals surface area contributed by atoms with Gasteiger partial charge >= 0.3 is 5.97 Å². The normalized spacial score (nSPS) is 20.2. The lowest BCUT2D eigenvalue weighted by molar-refractivity contribution is -0.150. The molecule has 1 saturated heterocycles. The molecule has 1 aromatic rings. The van der Waals surface area contributed by atoms with Gasteiger partial charge in [-0.3, -0.25) is 9.69 Å². The zero-order chi connectivity index (χ0) is 13.7. The van der Waals surface area contributed by atoms with Crippen molar-refractivity contribution in [2.45, 2.75) is 33.2 Å². The van der Waals surface area contributed by atoms with Gasteiger partial charge in [0.2, 0.25) is 0 Å². The minimum Gasteiger partial charge on any atom is -0.466 e. The molecule has 1 heterocycles. The van der Waals surface area contributed by atoms with Gasteiger partial charge < -0.3 is 4.74 Å². The van der Waals surface area contributed by atoms with E-state index in [0.717, 1.165) is 32.5 Å². The third-order valence-corrected chi connectivity index (χ3v) is 3.78. The van der Waals surface area contributed by atoms with Crippen LogP contribution in [0.5, 0.6) is 0 Å². The van der Waals surface area contributed by atoms with Crippen LogP contribution >= 0.6 is 0 Å². The second-order valence-corrected chi connectivity index (χ2v) is 5.25. The molecule has 0 unspecified atom stereocenters. The van der Waals surface area contributed by atoms with Gasteiger partial charge in [0.15, 0.2) is 0 Å². The molecule has 1 atom stereocenters. The third kappa shape index (κ3) is 3.80. The summed E-state index contributed by atoms with van der Waals surface area (Å²) in [4.78, 5) is 14.2. The molecule has 1 aliphatic rings. The molecule has 0 radical (unpaired) electrons. The number of aryl methyl sites for hydroxylation is 1. The molecule has 1 aliphatic heterocycles. The predicted octanol–water partition coefficient (Wildman–Crippen LogP) is 2.77. The Balaban J connectivity index is 1.94. The number of hydrogen-bond acceptors (Lipinski definition) is 3. The number of benzene rings is 1. The molecule has 104 valence electrons. The molecule has 2 rings (SSSR count). The average Bonchev–Trinajstić information content (AvgIpc) is 2.42. The fourth-order valence-corrected chi connectivity index (χ4v) is 2.68. The minimum atomic E-state index is -0.0306. The van der Waals surface area contributed by atoms with Crippen molar-refractivity contribution in [3.8, 4) is 0 Å². The van der Waals surface area contributed by atoms with Crippen molar-refractivity contribution in [3.05, 3.63) is 35.4 Å². The second kappa shape index (κ2) is 6.71. The van der Waals surface area contributed by atoms with Crippen molar-refractivity contribution in [1.29, 1.82) is 0 Å². The fraction of sp³-hybridized carbons (Fsp3) is 0.562. The van der Waals surface area contributed by atoms with E-state index in [1.807, 2.05) is 6.92 Å². The number of carbonyl (C=O) groups is 1. The quantitative estimate of drug-likeness (QED) is 0.781. The molecule has 0 N–H and O–H groups in total. The summed E-state index contributed by atoms with van der Waals surface area (Å²) in [5, 5.41) is 0. The van der Waals surface area contributed by atoms with Crippen molar-refractivity contribution in [3.63, 3.8) is 0 Å². The van der Waals surface area contributed by atoms with Gasteiger partial charge in [-0.25, -0.2) is 0 Å². The predicted molar refractivity (Wildman–Crippen MR) is 75.8 cm³/mol. The van der Waals surface area contributed by atoms with E-state index >= 15 is 0 Å². The van der Waals surface area contributed by atoms with Crippen LogP contribution in [0.25, 0.3) is 0 Å². The average molecular weight is 261 g/mol. The number of carbonyl (C=O) groups excluding carboxylic acids is 1. The Morgan fingerprint density at radius 2 is 2.21 bits per heavy atom. The number of nitrogens with zero attached hydrogens (tertiary/aromatic N) is 1. The molecule has 0 bridgehead atoms. The molecule has 0 amide bonds. The Morgan fingerprint density at radius 3 is 2.95 bits per heavy atom. The van der Waals surface area contributed by atoms with Crippen LogP contribution in [0.4, 0.5) is 0 Å². The Kier molecular flexibility index (Phi) is 4.97. The highest BCUT2D eigenvalue weighted by atomic mass is 16.5. The molecule has 3 nitrogen and oxygen atoms in total. The van der Waals surface area contributed by atoms with Gasteiger partial charge in [0.1, 0.15) is 0 Å². The van der Waals surface area contributed by atoms with Gasteiger partial charge in [0.05, 0.1) is 12.5 Å². The standard InChI is InChI=1S/C16H23NO2/c1-3-19-16(18)15-9-6-10-17(12-15)11-14-8-5-4-7-13(14)2/h4-5,7-8,15H,3,6,9-12H2,1-2H3/t15-/m0/s1. The molecule has 1 aromatic carbocycles. The zero-order valence-corrected chi connectivity index (χ0v) is 11.9. The van der Waals surface area contributed by atoms with Gasteiger partial charge in [-0.15, -0.1) is 0 Å². The monoisotopic (exact) mass is 261 g/mol. The van der Waals surface area contributed by atoms with Crippen LogP contribution in [0.2, 0.25) is 0 Å². The van der Waals surface area contributed by atoms with E-state index in [1.165, 1.54) is 11.1 Å². The number of piperidine rings is 1. The number of hydrogen-bond donors (Lipinski definition) is 0.